The van der Waals surface area contributed by atoms with Gasteiger partial charge in [-0.3, -0.25) is 0 Å². The molecule has 0 bridgehead atoms. The molecule has 1 N–H and O–H groups in total. The second kappa shape index (κ2) is 3.43. The fourth-order valence-corrected chi connectivity index (χ4v) is 2.25. The number of hydrogen-bond acceptors (Lipinski definition) is 3. The van der Waals surface area contributed by atoms with E-state index in [1.54, 1.807) is 0 Å². The first kappa shape index (κ1) is 9.41. The molecule has 0 atom stereocenters. The molecule has 85 valence electrons. The maximum absolute atomic E-state index is 4.42. The summed E-state index contributed by atoms with van der Waals surface area (Å²) in [5, 5.41) is 9.90. The number of aromatic nitrogens is 2. The van der Waals surface area contributed by atoms with E-state index in [-0.39, 0.29) is 0 Å². The van der Waals surface area contributed by atoms with Crippen LogP contribution >= 0.6 is 0 Å². The van der Waals surface area contributed by atoms with Crippen LogP contribution in [-0.2, 0) is 0 Å². The fraction of sp³-hybridized carbons (Fsp3) is 0. The summed E-state index contributed by atoms with van der Waals surface area (Å²) in [5.74, 6) is 0.840. The molecular weight excluding hydrogens is 224 g/mol. The first-order valence-electron chi connectivity index (χ1n) is 5.80. The summed E-state index contributed by atoms with van der Waals surface area (Å²) >= 11 is 0. The van der Waals surface area contributed by atoms with Crippen LogP contribution in [0.25, 0.3) is 10.9 Å². The van der Waals surface area contributed by atoms with Crippen molar-refractivity contribution in [3.05, 3.63) is 60.3 Å². The summed E-state index contributed by atoms with van der Waals surface area (Å²) in [5.41, 5.74) is 6.19. The molecule has 3 aromatic rings. The van der Waals surface area contributed by atoms with Gasteiger partial charge in [0.15, 0.2) is 5.52 Å². The van der Waals surface area contributed by atoms with Gasteiger partial charge in [-0.05, 0) is 24.3 Å². The van der Waals surface area contributed by atoms with Gasteiger partial charge in [0.2, 0.25) is 0 Å². The van der Waals surface area contributed by atoms with Crippen LogP contribution in [0.5, 0.6) is 0 Å². The molecule has 2 heterocycles. The summed E-state index contributed by atoms with van der Waals surface area (Å²) in [4.78, 5) is 0. The zero-order valence-corrected chi connectivity index (χ0v) is 9.54. The van der Waals surface area contributed by atoms with E-state index in [1.165, 1.54) is 0 Å². The van der Waals surface area contributed by atoms with E-state index >= 15 is 0 Å². The van der Waals surface area contributed by atoms with Crippen molar-refractivity contribution in [3.8, 4) is 0 Å². The number of nitrogens with zero attached hydrogens (tertiary/aromatic N) is 3. The lowest BCUT2D eigenvalue weighted by atomic mass is 10.2. The van der Waals surface area contributed by atoms with Crippen LogP contribution in [-0.4, -0.2) is 15.6 Å². The molecule has 0 fully saturated rings. The van der Waals surface area contributed by atoms with E-state index in [0.717, 1.165) is 28.0 Å². The lowest BCUT2D eigenvalue weighted by Gasteiger charge is -1.94. The molecule has 1 radical (unpaired) electrons. The Morgan fingerprint density at radius 3 is 2.83 bits per heavy atom. The fourth-order valence-electron chi connectivity index (χ4n) is 2.25. The van der Waals surface area contributed by atoms with Crippen molar-refractivity contribution in [2.45, 2.75) is 0 Å². The summed E-state index contributed by atoms with van der Waals surface area (Å²) in [6, 6.07) is 16.2. The SMILES string of the molecule is c1ccc2c(c1)N[N+]=C2n1ncc2ccccc21. The Hall–Kier alpha value is -2.62. The Morgan fingerprint density at radius 1 is 1.00 bits per heavy atom. The van der Waals surface area contributed by atoms with Crippen molar-refractivity contribution < 1.29 is 0 Å². The number of fused-ring (bicyclic) bond motifs is 2. The van der Waals surface area contributed by atoms with Gasteiger partial charge >= 0.3 is 5.84 Å². The predicted octanol–water partition coefficient (Wildman–Crippen LogP) is 2.01. The van der Waals surface area contributed by atoms with Crippen LogP contribution in [0.4, 0.5) is 5.69 Å². The monoisotopic (exact) mass is 234 g/mol. The van der Waals surface area contributed by atoms with Gasteiger partial charge in [0.25, 0.3) is 0 Å². The summed E-state index contributed by atoms with van der Waals surface area (Å²) in [7, 11) is 0. The van der Waals surface area contributed by atoms with Crippen molar-refractivity contribution in [2.24, 2.45) is 0 Å². The van der Waals surface area contributed by atoms with E-state index in [4.69, 9.17) is 0 Å². The molecule has 18 heavy (non-hydrogen) atoms. The Balaban J connectivity index is 1.95. The van der Waals surface area contributed by atoms with Gasteiger partial charge in [-0.1, -0.05) is 34.0 Å². The lowest BCUT2D eigenvalue weighted by Crippen LogP contribution is -2.17. The van der Waals surface area contributed by atoms with Gasteiger partial charge in [-0.25, -0.2) is 0 Å². The number of anilines is 1. The minimum absolute atomic E-state index is 0.840. The maximum Gasteiger partial charge on any atom is 0.383 e. The summed E-state index contributed by atoms with van der Waals surface area (Å²) in [6.45, 7) is 0. The number of rotatable bonds is 0. The van der Waals surface area contributed by atoms with Crippen molar-refractivity contribution in [1.29, 1.82) is 0 Å². The molecule has 4 rings (SSSR count). The Labute approximate surface area is 104 Å². The molecule has 0 saturated heterocycles. The molecule has 1 aliphatic rings. The Kier molecular flexibility index (Phi) is 1.80. The number of benzene rings is 2. The van der Waals surface area contributed by atoms with Crippen LogP contribution < -0.4 is 10.5 Å². The number of hydrazone groups is 1. The molecule has 1 aliphatic heterocycles. The highest BCUT2D eigenvalue weighted by molar-refractivity contribution is 6.09. The maximum atomic E-state index is 4.42. The number of nitrogens with one attached hydrogen (secondary N) is 1. The summed E-state index contributed by atoms with van der Waals surface area (Å²) < 4.78 is 1.87. The van der Waals surface area contributed by atoms with Crippen LogP contribution in [0.2, 0.25) is 0 Å². The topological polar surface area (TPSA) is 44.0 Å². The predicted molar refractivity (Wildman–Crippen MR) is 71.4 cm³/mol. The molecular formula is C14H10N4+. The third-order valence-electron chi connectivity index (χ3n) is 3.13. The molecule has 2 aromatic carbocycles. The molecule has 4 nitrogen and oxygen atoms in total. The number of hydrogen-bond donors (Lipinski definition) is 1. The van der Waals surface area contributed by atoms with Gasteiger partial charge in [0.1, 0.15) is 5.56 Å². The highest BCUT2D eigenvalue weighted by Gasteiger charge is 2.29. The normalized spacial score (nSPS) is 13.2. The zero-order chi connectivity index (χ0) is 11.9. The summed E-state index contributed by atoms with van der Waals surface area (Å²) in [6.07, 6.45) is 1.86. The standard InChI is InChI=1S/C14H10N4/c1-4-8-13-10(5-1)9-15-18(13)14-11-6-2-3-7-12(11)16-17-14/h1-9,16H/q+1. The minimum Gasteiger partial charge on any atom is -0.185 e. The van der Waals surface area contributed by atoms with Crippen molar-refractivity contribution in [3.63, 3.8) is 0 Å². The van der Waals surface area contributed by atoms with E-state index < -0.39 is 0 Å². The average molecular weight is 234 g/mol. The van der Waals surface area contributed by atoms with Gasteiger partial charge in [-0.2, -0.15) is 5.43 Å². The third-order valence-corrected chi connectivity index (χ3v) is 3.13. The second-order valence-electron chi connectivity index (χ2n) is 4.21. The minimum atomic E-state index is 0.840. The molecule has 0 aliphatic carbocycles. The van der Waals surface area contributed by atoms with E-state index in [2.05, 4.69) is 15.6 Å². The van der Waals surface area contributed by atoms with Crippen LogP contribution in [0.3, 0.4) is 0 Å². The van der Waals surface area contributed by atoms with Crippen molar-refractivity contribution in [2.75, 3.05) is 5.43 Å². The first-order valence-corrected chi connectivity index (χ1v) is 5.80. The lowest BCUT2D eigenvalue weighted by molar-refractivity contribution is 0.953. The van der Waals surface area contributed by atoms with E-state index in [1.807, 2.05) is 59.4 Å². The largest absolute Gasteiger partial charge is 0.383 e. The van der Waals surface area contributed by atoms with Crippen molar-refractivity contribution in [1.82, 2.24) is 14.9 Å². The Bertz CT molecular complexity index is 770. The van der Waals surface area contributed by atoms with E-state index in [0.29, 0.717) is 0 Å². The second-order valence-corrected chi connectivity index (χ2v) is 4.21. The van der Waals surface area contributed by atoms with Gasteiger partial charge in [0, 0.05) is 5.39 Å². The van der Waals surface area contributed by atoms with Gasteiger partial charge < -0.3 is 0 Å². The van der Waals surface area contributed by atoms with Gasteiger partial charge in [-0.15, -0.1) is 0 Å². The zero-order valence-electron chi connectivity index (χ0n) is 9.54. The Morgan fingerprint density at radius 2 is 1.83 bits per heavy atom. The van der Waals surface area contributed by atoms with Crippen LogP contribution in [0.1, 0.15) is 5.56 Å². The third kappa shape index (κ3) is 1.20. The van der Waals surface area contributed by atoms with Crippen molar-refractivity contribution >= 4 is 22.4 Å². The molecule has 0 saturated carbocycles. The highest BCUT2D eigenvalue weighted by Crippen LogP contribution is 2.21. The molecule has 1 aromatic heterocycles. The highest BCUT2D eigenvalue weighted by atomic mass is 15.4. The first-order chi connectivity index (χ1) is 8.93. The van der Waals surface area contributed by atoms with Crippen LogP contribution in [0.15, 0.2) is 54.7 Å². The quantitative estimate of drug-likeness (QED) is 0.646. The molecule has 0 amide bonds. The molecule has 0 unspecified atom stereocenters. The smallest absolute Gasteiger partial charge is 0.185 e. The average Bonchev–Trinajstić information content (AvgIpc) is 3.01. The number of para-hydroxylation sites is 2. The molecule has 0 spiro atoms. The van der Waals surface area contributed by atoms with Gasteiger partial charge in [0.05, 0.1) is 17.0 Å². The van der Waals surface area contributed by atoms with Crippen LogP contribution in [0, 0.1) is 0 Å². The van der Waals surface area contributed by atoms with E-state index in [9.17, 15) is 0 Å². The molecule has 4 heteroatoms.